The van der Waals surface area contributed by atoms with E-state index in [4.69, 9.17) is 11.5 Å². The molecular formula is C20H23N3O. The molecule has 2 unspecified atom stereocenters. The number of hydrogen-bond donors (Lipinski definition) is 3. The van der Waals surface area contributed by atoms with Crippen LogP contribution in [0.25, 0.3) is 5.57 Å². The number of hydrogen-bond acceptors (Lipinski definition) is 4. The minimum atomic E-state index is -0.417. The smallest absolute Gasteiger partial charge is 0.0856 e. The van der Waals surface area contributed by atoms with Crippen LogP contribution in [0.15, 0.2) is 59.2 Å². The molecule has 2 aromatic carbocycles. The zero-order valence-electron chi connectivity index (χ0n) is 14.0. The summed E-state index contributed by atoms with van der Waals surface area (Å²) < 4.78 is 0. The molecule has 0 fully saturated rings. The number of nitrogens with two attached hydrogens (primary N) is 2. The monoisotopic (exact) mass is 321 g/mol. The number of aliphatic hydroxyl groups excluding tert-OH is 1. The van der Waals surface area contributed by atoms with Crippen LogP contribution in [0.4, 0.5) is 0 Å². The fourth-order valence-electron chi connectivity index (χ4n) is 3.02. The summed E-state index contributed by atoms with van der Waals surface area (Å²) >= 11 is 0. The largest absolute Gasteiger partial charge is 0.390 e. The maximum absolute atomic E-state index is 9.83. The lowest BCUT2D eigenvalue weighted by Gasteiger charge is -2.30. The van der Waals surface area contributed by atoms with Crippen molar-refractivity contribution >= 4 is 11.3 Å². The van der Waals surface area contributed by atoms with Gasteiger partial charge in [-0.1, -0.05) is 59.7 Å². The number of benzene rings is 2. The highest BCUT2D eigenvalue weighted by molar-refractivity contribution is 6.08. The summed E-state index contributed by atoms with van der Waals surface area (Å²) in [5, 5.41) is 9.83. The Hall–Kier alpha value is -2.27. The van der Waals surface area contributed by atoms with Crippen LogP contribution in [0.3, 0.4) is 0 Å². The SMILES string of the molecule is Cc1ccc(C2=NC(CO)=C(c3ccc(C)cc3)C(N)C2N)cc1. The van der Waals surface area contributed by atoms with Crippen LogP contribution in [0.5, 0.6) is 0 Å². The van der Waals surface area contributed by atoms with Gasteiger partial charge in [-0.3, -0.25) is 4.99 Å². The van der Waals surface area contributed by atoms with Gasteiger partial charge in [-0.05, 0) is 25.0 Å². The number of rotatable bonds is 3. The van der Waals surface area contributed by atoms with Crippen molar-refractivity contribution in [2.75, 3.05) is 6.61 Å². The summed E-state index contributed by atoms with van der Waals surface area (Å²) in [7, 11) is 0. The van der Waals surface area contributed by atoms with Crippen molar-refractivity contribution in [2.24, 2.45) is 16.5 Å². The predicted molar refractivity (Wildman–Crippen MR) is 98.9 cm³/mol. The molecular weight excluding hydrogens is 298 g/mol. The summed E-state index contributed by atoms with van der Waals surface area (Å²) in [4.78, 5) is 4.65. The van der Waals surface area contributed by atoms with E-state index >= 15 is 0 Å². The van der Waals surface area contributed by atoms with E-state index < -0.39 is 12.1 Å². The van der Waals surface area contributed by atoms with E-state index in [1.54, 1.807) is 0 Å². The lowest BCUT2D eigenvalue weighted by Crippen LogP contribution is -2.50. The van der Waals surface area contributed by atoms with Gasteiger partial charge in [0.15, 0.2) is 0 Å². The van der Waals surface area contributed by atoms with E-state index in [0.29, 0.717) is 5.70 Å². The lowest BCUT2D eigenvalue weighted by molar-refractivity contribution is 0.329. The van der Waals surface area contributed by atoms with Crippen LogP contribution in [0.2, 0.25) is 0 Å². The summed E-state index contributed by atoms with van der Waals surface area (Å²) in [6, 6.07) is 15.2. The molecule has 1 aliphatic heterocycles. The molecule has 124 valence electrons. The van der Waals surface area contributed by atoms with Crippen LogP contribution < -0.4 is 11.5 Å². The van der Waals surface area contributed by atoms with E-state index in [-0.39, 0.29) is 6.61 Å². The maximum atomic E-state index is 9.83. The van der Waals surface area contributed by atoms with Crippen molar-refractivity contribution in [1.82, 2.24) is 0 Å². The van der Waals surface area contributed by atoms with Crippen molar-refractivity contribution in [3.63, 3.8) is 0 Å². The summed E-state index contributed by atoms with van der Waals surface area (Å²) in [6.07, 6.45) is 0. The molecule has 0 bridgehead atoms. The molecule has 0 aromatic heterocycles. The first-order valence-corrected chi connectivity index (χ1v) is 8.09. The molecule has 0 saturated heterocycles. The van der Waals surface area contributed by atoms with Crippen molar-refractivity contribution in [3.8, 4) is 0 Å². The molecule has 0 spiro atoms. The van der Waals surface area contributed by atoms with E-state index in [9.17, 15) is 5.11 Å². The number of aliphatic imine (C=N–C) groups is 1. The van der Waals surface area contributed by atoms with Crippen LogP contribution >= 0.6 is 0 Å². The van der Waals surface area contributed by atoms with E-state index in [0.717, 1.165) is 22.4 Å². The van der Waals surface area contributed by atoms with Gasteiger partial charge in [0.25, 0.3) is 0 Å². The Kier molecular flexibility index (Phi) is 4.62. The maximum Gasteiger partial charge on any atom is 0.0856 e. The Morgan fingerprint density at radius 2 is 1.33 bits per heavy atom. The molecule has 3 rings (SSSR count). The Bertz CT molecular complexity index is 789. The second-order valence-electron chi connectivity index (χ2n) is 6.30. The predicted octanol–water partition coefficient (Wildman–Crippen LogP) is 2.16. The zero-order chi connectivity index (χ0) is 17.3. The molecule has 4 nitrogen and oxygen atoms in total. The third-order valence-electron chi connectivity index (χ3n) is 4.46. The van der Waals surface area contributed by atoms with Gasteiger partial charge >= 0.3 is 0 Å². The van der Waals surface area contributed by atoms with Gasteiger partial charge < -0.3 is 16.6 Å². The van der Waals surface area contributed by atoms with Gasteiger partial charge in [0, 0.05) is 5.57 Å². The highest BCUT2D eigenvalue weighted by Gasteiger charge is 2.31. The first kappa shape index (κ1) is 16.6. The molecule has 0 radical (unpaired) electrons. The van der Waals surface area contributed by atoms with Crippen LogP contribution in [-0.4, -0.2) is 29.5 Å². The van der Waals surface area contributed by atoms with Gasteiger partial charge in [0.2, 0.25) is 0 Å². The molecule has 0 aliphatic carbocycles. The number of aliphatic hydroxyl groups is 1. The summed E-state index contributed by atoms with van der Waals surface area (Å²) in [6.45, 7) is 3.90. The third-order valence-corrected chi connectivity index (χ3v) is 4.46. The molecule has 0 amide bonds. The molecule has 24 heavy (non-hydrogen) atoms. The van der Waals surface area contributed by atoms with Crippen LogP contribution in [-0.2, 0) is 0 Å². The highest BCUT2D eigenvalue weighted by Crippen LogP contribution is 2.29. The number of aryl methyl sites for hydroxylation is 2. The Balaban J connectivity index is 2.11. The van der Waals surface area contributed by atoms with Crippen LogP contribution in [0, 0.1) is 13.8 Å². The molecule has 4 heteroatoms. The van der Waals surface area contributed by atoms with E-state index in [2.05, 4.69) is 4.99 Å². The van der Waals surface area contributed by atoms with Gasteiger partial charge in [0.05, 0.1) is 30.1 Å². The Labute approximate surface area is 142 Å². The Morgan fingerprint density at radius 3 is 1.83 bits per heavy atom. The topological polar surface area (TPSA) is 84.6 Å². The molecule has 0 saturated carbocycles. The molecule has 1 aliphatic rings. The first-order valence-electron chi connectivity index (χ1n) is 8.09. The molecule has 2 aromatic rings. The zero-order valence-corrected chi connectivity index (χ0v) is 14.0. The minimum absolute atomic E-state index is 0.168. The van der Waals surface area contributed by atoms with Crippen molar-refractivity contribution in [1.29, 1.82) is 0 Å². The fourth-order valence-corrected chi connectivity index (χ4v) is 3.02. The average molecular weight is 321 g/mol. The highest BCUT2D eigenvalue weighted by atomic mass is 16.3. The van der Waals surface area contributed by atoms with Crippen molar-refractivity contribution in [2.45, 2.75) is 25.9 Å². The van der Waals surface area contributed by atoms with Gasteiger partial charge in [0.1, 0.15) is 0 Å². The molecule has 2 atom stereocenters. The van der Waals surface area contributed by atoms with E-state index in [1.807, 2.05) is 62.4 Å². The minimum Gasteiger partial charge on any atom is -0.390 e. The second kappa shape index (κ2) is 6.69. The normalized spacial score (nSPS) is 21.0. The standard InChI is InChI=1S/C20H23N3O/c1-12-3-7-14(8-4-12)17-16(11-24)23-20(19(22)18(17)21)15-9-5-13(2)6-10-15/h3-10,18-19,24H,11,21-22H2,1-2H3. The Morgan fingerprint density at radius 1 is 0.833 bits per heavy atom. The van der Waals surface area contributed by atoms with Gasteiger partial charge in [-0.25, -0.2) is 0 Å². The number of nitrogens with zero attached hydrogens (tertiary/aromatic N) is 1. The second-order valence-corrected chi connectivity index (χ2v) is 6.30. The van der Waals surface area contributed by atoms with Gasteiger partial charge in [-0.15, -0.1) is 0 Å². The van der Waals surface area contributed by atoms with Crippen LogP contribution in [0.1, 0.15) is 22.3 Å². The molecule has 5 N–H and O–H groups in total. The lowest BCUT2D eigenvalue weighted by atomic mass is 9.85. The first-order chi connectivity index (χ1) is 11.5. The third kappa shape index (κ3) is 3.04. The van der Waals surface area contributed by atoms with Crippen molar-refractivity contribution in [3.05, 3.63) is 76.5 Å². The van der Waals surface area contributed by atoms with Crippen molar-refractivity contribution < 1.29 is 5.11 Å². The summed E-state index contributed by atoms with van der Waals surface area (Å²) in [5.74, 6) is 0. The molecule has 1 heterocycles. The van der Waals surface area contributed by atoms with E-state index in [1.165, 1.54) is 11.1 Å². The quantitative estimate of drug-likeness (QED) is 0.810. The fraction of sp³-hybridized carbons (Fsp3) is 0.250. The average Bonchev–Trinajstić information content (AvgIpc) is 2.59. The summed E-state index contributed by atoms with van der Waals surface area (Å²) in [5.41, 5.74) is 19.2. The van der Waals surface area contributed by atoms with Gasteiger partial charge in [-0.2, -0.15) is 0 Å².